The van der Waals surface area contributed by atoms with Crippen LogP contribution in [0.2, 0.25) is 5.02 Å². The monoisotopic (exact) mass is 442 g/mol. The van der Waals surface area contributed by atoms with Crippen LogP contribution < -0.4 is 9.47 Å². The van der Waals surface area contributed by atoms with Crippen LogP contribution in [0.3, 0.4) is 0 Å². The molecule has 1 aromatic heterocycles. The van der Waals surface area contributed by atoms with E-state index in [-0.39, 0.29) is 5.91 Å². The van der Waals surface area contributed by atoms with Crippen molar-refractivity contribution in [1.82, 2.24) is 9.88 Å². The van der Waals surface area contributed by atoms with Gasteiger partial charge in [-0.15, -0.1) is 11.3 Å². The van der Waals surface area contributed by atoms with Gasteiger partial charge in [0.15, 0.2) is 11.5 Å². The molecule has 0 N–H and O–H groups in total. The molecule has 30 heavy (non-hydrogen) atoms. The van der Waals surface area contributed by atoms with Crippen molar-refractivity contribution < 1.29 is 14.3 Å². The van der Waals surface area contributed by atoms with Crippen molar-refractivity contribution in [2.24, 2.45) is 0 Å². The topological polar surface area (TPSA) is 51.7 Å². The predicted octanol–water partition coefficient (Wildman–Crippen LogP) is 5.39. The first-order valence-electron chi connectivity index (χ1n) is 9.83. The third kappa shape index (κ3) is 4.30. The number of nitrogens with zero attached hydrogens (tertiary/aromatic N) is 2. The molecule has 1 amide bonds. The van der Waals surface area contributed by atoms with Crippen molar-refractivity contribution >= 4 is 45.1 Å². The largest absolute Gasteiger partial charge is 0.493 e. The van der Waals surface area contributed by atoms with E-state index in [1.54, 1.807) is 49.8 Å². The zero-order valence-corrected chi connectivity index (χ0v) is 18.5. The Morgan fingerprint density at radius 1 is 1.20 bits per heavy atom. The summed E-state index contributed by atoms with van der Waals surface area (Å²) in [5, 5.41) is 1.62. The van der Waals surface area contributed by atoms with Crippen molar-refractivity contribution in [2.45, 2.75) is 18.8 Å². The van der Waals surface area contributed by atoms with Crippen LogP contribution in [0, 0.1) is 0 Å². The third-order valence-electron chi connectivity index (χ3n) is 5.34. The van der Waals surface area contributed by atoms with Crippen LogP contribution >= 0.6 is 22.9 Å². The smallest absolute Gasteiger partial charge is 0.246 e. The summed E-state index contributed by atoms with van der Waals surface area (Å²) < 4.78 is 11.8. The number of hydrogen-bond acceptors (Lipinski definition) is 5. The Hall–Kier alpha value is -2.57. The number of rotatable bonds is 5. The molecule has 1 aliphatic rings. The number of hydrogen-bond donors (Lipinski definition) is 0. The van der Waals surface area contributed by atoms with E-state index >= 15 is 0 Å². The molecule has 0 radical (unpaired) electrons. The van der Waals surface area contributed by atoms with Crippen molar-refractivity contribution in [3.05, 3.63) is 58.1 Å². The molecule has 0 spiro atoms. The Bertz CT molecular complexity index is 1050. The van der Waals surface area contributed by atoms with Gasteiger partial charge >= 0.3 is 0 Å². The molecular formula is C23H23ClN2O3S. The van der Waals surface area contributed by atoms with E-state index in [1.807, 2.05) is 17.0 Å². The van der Waals surface area contributed by atoms with Gasteiger partial charge in [-0.1, -0.05) is 23.7 Å². The van der Waals surface area contributed by atoms with Crippen LogP contribution in [-0.2, 0) is 4.79 Å². The molecule has 1 fully saturated rings. The number of benzene rings is 2. The molecule has 4 rings (SSSR count). The number of piperidine rings is 1. The summed E-state index contributed by atoms with van der Waals surface area (Å²) in [6.07, 6.45) is 5.22. The lowest BCUT2D eigenvalue weighted by Gasteiger charge is -2.30. The Morgan fingerprint density at radius 2 is 1.97 bits per heavy atom. The van der Waals surface area contributed by atoms with Crippen LogP contribution in [0.15, 0.2) is 42.5 Å². The summed E-state index contributed by atoms with van der Waals surface area (Å²) in [6, 6.07) is 11.8. The van der Waals surface area contributed by atoms with Crippen molar-refractivity contribution in [3.63, 3.8) is 0 Å². The summed E-state index contributed by atoms with van der Waals surface area (Å²) in [7, 11) is 3.10. The van der Waals surface area contributed by atoms with Gasteiger partial charge in [-0.25, -0.2) is 4.98 Å². The molecule has 5 nitrogen and oxygen atoms in total. The number of para-hydroxylation sites is 1. The maximum Gasteiger partial charge on any atom is 0.246 e. The van der Waals surface area contributed by atoms with E-state index < -0.39 is 0 Å². The average molecular weight is 443 g/mol. The van der Waals surface area contributed by atoms with Gasteiger partial charge in [0.25, 0.3) is 0 Å². The van der Waals surface area contributed by atoms with E-state index in [4.69, 9.17) is 26.1 Å². The SMILES string of the molecule is COc1cc(/C=C/C(=O)N2CCC(c3nc4ccccc4s3)CC2)cc(Cl)c1OC. The number of carbonyl (C=O) groups excluding carboxylic acids is 1. The van der Waals surface area contributed by atoms with E-state index in [1.165, 1.54) is 9.71 Å². The molecule has 0 atom stereocenters. The average Bonchev–Trinajstić information content (AvgIpc) is 3.21. The molecule has 2 aromatic carbocycles. The van der Waals surface area contributed by atoms with Gasteiger partial charge in [0.05, 0.1) is 34.5 Å². The lowest BCUT2D eigenvalue weighted by molar-refractivity contribution is -0.126. The van der Waals surface area contributed by atoms with Crippen LogP contribution in [0.5, 0.6) is 11.5 Å². The fourth-order valence-electron chi connectivity index (χ4n) is 3.72. The molecule has 1 aliphatic heterocycles. The Labute approximate surface area is 184 Å². The summed E-state index contributed by atoms with van der Waals surface area (Å²) in [6.45, 7) is 1.47. The minimum atomic E-state index is 0.00339. The Balaban J connectivity index is 1.39. The minimum Gasteiger partial charge on any atom is -0.493 e. The first kappa shape index (κ1) is 20.7. The number of fused-ring (bicyclic) bond motifs is 1. The van der Waals surface area contributed by atoms with E-state index in [9.17, 15) is 4.79 Å². The molecule has 0 aliphatic carbocycles. The van der Waals surface area contributed by atoms with Crippen molar-refractivity contribution in [3.8, 4) is 11.5 Å². The van der Waals surface area contributed by atoms with Crippen LogP contribution in [0.25, 0.3) is 16.3 Å². The highest BCUT2D eigenvalue weighted by atomic mass is 35.5. The fourth-order valence-corrected chi connectivity index (χ4v) is 5.15. The van der Waals surface area contributed by atoms with Crippen LogP contribution in [-0.4, -0.2) is 43.1 Å². The van der Waals surface area contributed by atoms with Gasteiger partial charge in [0.1, 0.15) is 0 Å². The van der Waals surface area contributed by atoms with E-state index in [2.05, 4.69) is 12.1 Å². The highest BCUT2D eigenvalue weighted by Gasteiger charge is 2.25. The molecule has 0 unspecified atom stereocenters. The highest BCUT2D eigenvalue weighted by molar-refractivity contribution is 7.18. The molecule has 0 bridgehead atoms. The zero-order valence-electron chi connectivity index (χ0n) is 16.9. The van der Waals surface area contributed by atoms with Gasteiger partial charge < -0.3 is 14.4 Å². The molecular weight excluding hydrogens is 420 g/mol. The van der Waals surface area contributed by atoms with Gasteiger partial charge in [-0.05, 0) is 48.7 Å². The molecule has 156 valence electrons. The molecule has 1 saturated heterocycles. The number of methoxy groups -OCH3 is 2. The summed E-state index contributed by atoms with van der Waals surface area (Å²) in [4.78, 5) is 19.3. The standard InChI is InChI=1S/C23H23ClN2O3S/c1-28-19-14-15(13-17(24)22(19)29-2)7-8-21(27)26-11-9-16(10-12-26)23-25-18-5-3-4-6-20(18)30-23/h3-8,13-14,16H,9-12H2,1-2H3/b8-7+. The zero-order chi connectivity index (χ0) is 21.1. The molecule has 3 aromatic rings. The van der Waals surface area contributed by atoms with Gasteiger partial charge in [-0.2, -0.15) is 0 Å². The number of amides is 1. The summed E-state index contributed by atoms with van der Waals surface area (Å²) in [5.74, 6) is 1.44. The van der Waals surface area contributed by atoms with Gasteiger partial charge in [0.2, 0.25) is 5.91 Å². The third-order valence-corrected chi connectivity index (χ3v) is 6.82. The lowest BCUT2D eigenvalue weighted by Crippen LogP contribution is -2.36. The van der Waals surface area contributed by atoms with Gasteiger partial charge in [-0.3, -0.25) is 4.79 Å². The second-order valence-electron chi connectivity index (χ2n) is 7.19. The lowest BCUT2D eigenvalue weighted by atomic mass is 9.97. The fraction of sp³-hybridized carbons (Fsp3) is 0.304. The normalized spacial score (nSPS) is 15.1. The number of ether oxygens (including phenoxy) is 2. The minimum absolute atomic E-state index is 0.00339. The number of likely N-dealkylation sites (tertiary alicyclic amines) is 1. The van der Waals surface area contributed by atoms with Crippen molar-refractivity contribution in [1.29, 1.82) is 0 Å². The highest BCUT2D eigenvalue weighted by Crippen LogP contribution is 2.37. The number of halogens is 1. The van der Waals surface area contributed by atoms with E-state index in [0.29, 0.717) is 22.4 Å². The molecule has 0 saturated carbocycles. The Morgan fingerprint density at radius 3 is 2.67 bits per heavy atom. The quantitative estimate of drug-likeness (QED) is 0.497. The summed E-state index contributed by atoms with van der Waals surface area (Å²) in [5.41, 5.74) is 1.85. The second kappa shape index (κ2) is 9.06. The van der Waals surface area contributed by atoms with Crippen molar-refractivity contribution in [2.75, 3.05) is 27.3 Å². The second-order valence-corrected chi connectivity index (χ2v) is 8.66. The number of aromatic nitrogens is 1. The predicted molar refractivity (Wildman–Crippen MR) is 122 cm³/mol. The maximum atomic E-state index is 12.7. The number of thiazole rings is 1. The first-order chi connectivity index (χ1) is 14.6. The summed E-state index contributed by atoms with van der Waals surface area (Å²) >= 11 is 8.01. The number of carbonyl (C=O) groups is 1. The van der Waals surface area contributed by atoms with Crippen LogP contribution in [0.4, 0.5) is 0 Å². The first-order valence-corrected chi connectivity index (χ1v) is 11.0. The molecule has 7 heteroatoms. The van der Waals surface area contributed by atoms with Crippen LogP contribution in [0.1, 0.15) is 29.3 Å². The Kier molecular flexibility index (Phi) is 6.25. The molecule has 2 heterocycles. The van der Waals surface area contributed by atoms with E-state index in [0.717, 1.165) is 37.0 Å². The maximum absolute atomic E-state index is 12.7. The van der Waals surface area contributed by atoms with Gasteiger partial charge in [0, 0.05) is 25.1 Å².